The van der Waals surface area contributed by atoms with Crippen LogP contribution < -0.4 is 20.1 Å². The molecule has 0 saturated carbocycles. The molecule has 9 nitrogen and oxygen atoms in total. The number of para-hydroxylation sites is 1. The molecule has 1 aliphatic heterocycles. The number of fused-ring (bicyclic) bond motifs is 1. The van der Waals surface area contributed by atoms with Gasteiger partial charge in [0.2, 0.25) is 5.56 Å². The van der Waals surface area contributed by atoms with E-state index in [2.05, 4.69) is 4.98 Å². The number of pyridine rings is 1. The molecule has 2 atom stereocenters. The van der Waals surface area contributed by atoms with Gasteiger partial charge in [-0.1, -0.05) is 42.5 Å². The van der Waals surface area contributed by atoms with E-state index in [1.807, 2.05) is 66.7 Å². The fraction of sp³-hybridized carbons (Fsp3) is 0.333. The molecule has 4 aromatic rings. The summed E-state index contributed by atoms with van der Waals surface area (Å²) in [4.78, 5) is 27.5. The van der Waals surface area contributed by atoms with Gasteiger partial charge < -0.3 is 38.7 Å². The molecule has 0 spiro atoms. The molecule has 0 radical (unpaired) electrons. The normalized spacial score (nSPS) is 16.8. The van der Waals surface area contributed by atoms with Crippen LogP contribution in [0.5, 0.6) is 11.5 Å². The number of carbonyl (C=O) groups excluding carboxylic acids is 1. The standard InChI is InChI=1S/C33H36N2O7/c1-39-30-6-3-2-5-26(30)22-40-17-4-18-41-27-12-9-24(10-13-27)28-15-16-35(33(37)38)20-31(28)42-21-23-7-8-25-11-14-32(36)34-29(25)19-23/h2-3,5-14,19,28,31H,4,15-18,20-22H2,1H3,(H,34,36)(H,37,38)/p-1. The Labute approximate surface area is 244 Å². The van der Waals surface area contributed by atoms with Gasteiger partial charge in [0.1, 0.15) is 17.6 Å². The summed E-state index contributed by atoms with van der Waals surface area (Å²) in [6, 6.07) is 24.8. The molecular formula is C33H35N2O7-. The van der Waals surface area contributed by atoms with Gasteiger partial charge in [-0.05, 0) is 53.3 Å². The second kappa shape index (κ2) is 14.0. The number of benzene rings is 3. The summed E-state index contributed by atoms with van der Waals surface area (Å²) in [5.41, 5.74) is 3.54. The fourth-order valence-corrected chi connectivity index (χ4v) is 5.29. The summed E-state index contributed by atoms with van der Waals surface area (Å²) in [6.45, 7) is 2.48. The minimum Gasteiger partial charge on any atom is -0.530 e. The molecule has 3 aromatic carbocycles. The van der Waals surface area contributed by atoms with Crippen LogP contribution in [-0.2, 0) is 22.7 Å². The predicted octanol–water partition coefficient (Wildman–Crippen LogP) is 4.24. The summed E-state index contributed by atoms with van der Waals surface area (Å²) in [5.74, 6) is 1.59. The maximum absolute atomic E-state index is 11.7. The van der Waals surface area contributed by atoms with E-state index < -0.39 is 6.09 Å². The van der Waals surface area contributed by atoms with E-state index >= 15 is 0 Å². The van der Waals surface area contributed by atoms with Gasteiger partial charge in [-0.3, -0.25) is 4.79 Å². The van der Waals surface area contributed by atoms with Crippen LogP contribution in [0.4, 0.5) is 4.79 Å². The Morgan fingerprint density at radius 3 is 2.62 bits per heavy atom. The highest BCUT2D eigenvalue weighted by molar-refractivity contribution is 5.78. The molecule has 1 aliphatic rings. The SMILES string of the molecule is COc1ccccc1COCCCOc1ccc(C2CCN(C(=O)[O-])CC2OCc2ccc3ccc(=O)[nH]c3c2)cc1. The highest BCUT2D eigenvalue weighted by atomic mass is 16.5. The van der Waals surface area contributed by atoms with Crippen molar-refractivity contribution in [1.82, 2.24) is 9.88 Å². The average molecular weight is 572 g/mol. The number of amides is 1. The number of ether oxygens (including phenoxy) is 4. The third-order valence-electron chi connectivity index (χ3n) is 7.53. The zero-order valence-corrected chi connectivity index (χ0v) is 23.6. The Kier molecular flexibility index (Phi) is 9.74. The number of H-pyrrole nitrogens is 1. The Hall–Kier alpha value is -4.34. The Bertz CT molecular complexity index is 1540. The Morgan fingerprint density at radius 2 is 1.81 bits per heavy atom. The van der Waals surface area contributed by atoms with Crippen molar-refractivity contribution in [2.45, 2.75) is 38.1 Å². The lowest BCUT2D eigenvalue weighted by atomic mass is 9.87. The number of aromatic nitrogens is 1. The van der Waals surface area contributed by atoms with Crippen molar-refractivity contribution >= 4 is 17.0 Å². The van der Waals surface area contributed by atoms with Crippen LogP contribution in [0.2, 0.25) is 0 Å². The lowest BCUT2D eigenvalue weighted by molar-refractivity contribution is -0.268. The van der Waals surface area contributed by atoms with Crippen molar-refractivity contribution in [3.63, 3.8) is 0 Å². The molecule has 1 fully saturated rings. The zero-order valence-electron chi connectivity index (χ0n) is 23.6. The summed E-state index contributed by atoms with van der Waals surface area (Å²) < 4.78 is 23.3. The van der Waals surface area contributed by atoms with E-state index in [9.17, 15) is 14.7 Å². The first-order valence-electron chi connectivity index (χ1n) is 14.1. The van der Waals surface area contributed by atoms with E-state index in [4.69, 9.17) is 18.9 Å². The quantitative estimate of drug-likeness (QED) is 0.253. The van der Waals surface area contributed by atoms with Crippen LogP contribution in [0.25, 0.3) is 10.9 Å². The highest BCUT2D eigenvalue weighted by Crippen LogP contribution is 2.32. The number of hydrogen-bond acceptors (Lipinski definition) is 7. The molecule has 0 aliphatic carbocycles. The first kappa shape index (κ1) is 29.2. The molecule has 42 heavy (non-hydrogen) atoms. The maximum atomic E-state index is 11.7. The third-order valence-corrected chi connectivity index (χ3v) is 7.53. The van der Waals surface area contributed by atoms with E-state index in [1.54, 1.807) is 13.2 Å². The number of nitrogens with one attached hydrogen (secondary N) is 1. The van der Waals surface area contributed by atoms with Crippen molar-refractivity contribution in [3.8, 4) is 11.5 Å². The van der Waals surface area contributed by atoms with Crippen molar-refractivity contribution in [2.75, 3.05) is 33.4 Å². The molecule has 1 N–H and O–H groups in total. The van der Waals surface area contributed by atoms with Crippen LogP contribution in [0, 0.1) is 0 Å². The largest absolute Gasteiger partial charge is 0.530 e. The average Bonchev–Trinajstić information content (AvgIpc) is 3.01. The molecule has 1 amide bonds. The summed E-state index contributed by atoms with van der Waals surface area (Å²) in [7, 11) is 1.65. The summed E-state index contributed by atoms with van der Waals surface area (Å²) >= 11 is 0. The number of likely N-dealkylation sites (tertiary alicyclic amines) is 1. The number of rotatable bonds is 12. The topological polar surface area (TPSA) is 113 Å². The van der Waals surface area contributed by atoms with Crippen molar-refractivity contribution in [2.24, 2.45) is 0 Å². The predicted molar refractivity (Wildman–Crippen MR) is 157 cm³/mol. The molecule has 1 saturated heterocycles. The zero-order chi connectivity index (χ0) is 29.3. The van der Waals surface area contributed by atoms with Gasteiger partial charge in [-0.15, -0.1) is 0 Å². The third kappa shape index (κ3) is 7.48. The minimum atomic E-state index is -1.19. The Morgan fingerprint density at radius 1 is 1.00 bits per heavy atom. The molecule has 2 heterocycles. The van der Waals surface area contributed by atoms with Crippen LogP contribution in [0.1, 0.15) is 35.4 Å². The molecule has 1 aromatic heterocycles. The van der Waals surface area contributed by atoms with Gasteiger partial charge in [0.05, 0.1) is 39.6 Å². The van der Waals surface area contributed by atoms with Gasteiger partial charge in [0.25, 0.3) is 0 Å². The molecule has 2 unspecified atom stereocenters. The van der Waals surface area contributed by atoms with E-state index in [1.165, 1.54) is 11.0 Å². The van der Waals surface area contributed by atoms with Gasteiger partial charge in [-0.2, -0.15) is 0 Å². The van der Waals surface area contributed by atoms with Gasteiger partial charge in [0, 0.05) is 42.6 Å². The number of nitrogens with zero attached hydrogens (tertiary/aromatic N) is 1. The lowest BCUT2D eigenvalue weighted by Crippen LogP contribution is -2.51. The molecule has 0 bridgehead atoms. The second-order valence-electron chi connectivity index (χ2n) is 10.3. The number of methoxy groups -OCH3 is 1. The number of carboxylic acid groups (broad SMARTS) is 1. The van der Waals surface area contributed by atoms with Crippen molar-refractivity contribution in [1.29, 1.82) is 0 Å². The number of hydrogen-bond donors (Lipinski definition) is 1. The van der Waals surface area contributed by atoms with Crippen LogP contribution in [0.3, 0.4) is 0 Å². The summed E-state index contributed by atoms with van der Waals surface area (Å²) in [6.07, 6.45) is -0.180. The van der Waals surface area contributed by atoms with Gasteiger partial charge >= 0.3 is 0 Å². The number of aromatic amines is 1. The first-order chi connectivity index (χ1) is 20.5. The van der Waals surface area contributed by atoms with Crippen LogP contribution in [-0.4, -0.2) is 55.5 Å². The first-order valence-corrected chi connectivity index (χ1v) is 14.1. The minimum absolute atomic E-state index is 0.0123. The highest BCUT2D eigenvalue weighted by Gasteiger charge is 2.31. The smallest absolute Gasteiger partial charge is 0.248 e. The van der Waals surface area contributed by atoms with E-state index in [0.29, 0.717) is 32.8 Å². The number of carbonyl (C=O) groups is 1. The second-order valence-corrected chi connectivity index (χ2v) is 10.3. The molecule has 5 rings (SSSR count). The van der Waals surface area contributed by atoms with Crippen LogP contribution >= 0.6 is 0 Å². The molecular weight excluding hydrogens is 536 g/mol. The van der Waals surface area contributed by atoms with Crippen molar-refractivity contribution in [3.05, 3.63) is 106 Å². The lowest BCUT2D eigenvalue weighted by Gasteiger charge is -2.40. The van der Waals surface area contributed by atoms with E-state index in [-0.39, 0.29) is 30.7 Å². The fourth-order valence-electron chi connectivity index (χ4n) is 5.29. The monoisotopic (exact) mass is 571 g/mol. The Balaban J connectivity index is 1.14. The van der Waals surface area contributed by atoms with Crippen molar-refractivity contribution < 1.29 is 28.8 Å². The van der Waals surface area contributed by atoms with Crippen LogP contribution in [0.15, 0.2) is 83.7 Å². The molecule has 9 heteroatoms. The van der Waals surface area contributed by atoms with Gasteiger partial charge in [-0.25, -0.2) is 0 Å². The maximum Gasteiger partial charge on any atom is 0.248 e. The number of piperidine rings is 1. The van der Waals surface area contributed by atoms with E-state index in [0.717, 1.165) is 45.5 Å². The molecule has 220 valence electrons. The van der Waals surface area contributed by atoms with Gasteiger partial charge in [0.15, 0.2) is 0 Å². The summed E-state index contributed by atoms with van der Waals surface area (Å²) in [5, 5.41) is 12.5.